The maximum absolute atomic E-state index is 13.4. The van der Waals surface area contributed by atoms with E-state index < -0.39 is 0 Å². The van der Waals surface area contributed by atoms with Crippen molar-refractivity contribution in [2.45, 2.75) is 12.8 Å². The number of hydrogen-bond acceptors (Lipinski definition) is 3. The van der Waals surface area contributed by atoms with Gasteiger partial charge in [-0.1, -0.05) is 36.4 Å². The summed E-state index contributed by atoms with van der Waals surface area (Å²) in [6, 6.07) is 19.9. The summed E-state index contributed by atoms with van der Waals surface area (Å²) in [5, 5.41) is 0. The molecule has 2 saturated heterocycles. The molecule has 2 aliphatic heterocycles. The van der Waals surface area contributed by atoms with Crippen molar-refractivity contribution in [3.63, 3.8) is 0 Å². The monoisotopic (exact) mass is 379 g/mol. The van der Waals surface area contributed by atoms with E-state index in [1.54, 1.807) is 0 Å². The molecule has 2 fully saturated rings. The first-order valence-corrected chi connectivity index (χ1v) is 10.3. The van der Waals surface area contributed by atoms with E-state index in [4.69, 9.17) is 4.74 Å². The molecule has 0 spiro atoms. The Hall–Kier alpha value is -2.37. The van der Waals surface area contributed by atoms with E-state index in [0.29, 0.717) is 5.92 Å². The largest absolute Gasteiger partial charge is 0.379 e. The van der Waals surface area contributed by atoms with Crippen LogP contribution in [0.4, 0.5) is 16.2 Å². The molecule has 148 valence electrons. The standard InChI is InChI=1S/C23H29N3O2/c27-23(25-13-11-20(12-14-25)19-24-15-17-28-18-16-24)26(21-7-3-1-4-8-21)22-9-5-2-6-10-22/h1-10,20H,11-19H2. The number of urea groups is 1. The first kappa shape index (κ1) is 19.0. The van der Waals surface area contributed by atoms with Crippen LogP contribution in [0, 0.1) is 5.92 Å². The number of benzene rings is 2. The Kier molecular flexibility index (Phi) is 6.24. The molecule has 0 atom stereocenters. The van der Waals surface area contributed by atoms with E-state index in [1.807, 2.05) is 70.5 Å². The topological polar surface area (TPSA) is 36.0 Å². The summed E-state index contributed by atoms with van der Waals surface area (Å²) < 4.78 is 5.45. The fourth-order valence-corrected chi connectivity index (χ4v) is 4.12. The highest BCUT2D eigenvalue weighted by Crippen LogP contribution is 2.28. The third-order valence-electron chi connectivity index (χ3n) is 5.73. The van der Waals surface area contributed by atoms with Crippen molar-refractivity contribution >= 4 is 17.4 Å². The van der Waals surface area contributed by atoms with Gasteiger partial charge in [0, 0.05) is 32.7 Å². The van der Waals surface area contributed by atoms with Crippen LogP contribution in [-0.4, -0.2) is 61.8 Å². The highest BCUT2D eigenvalue weighted by molar-refractivity contribution is 5.99. The minimum atomic E-state index is 0.0715. The second-order valence-corrected chi connectivity index (χ2v) is 7.63. The van der Waals surface area contributed by atoms with Crippen molar-refractivity contribution in [3.8, 4) is 0 Å². The van der Waals surface area contributed by atoms with Gasteiger partial charge in [-0.05, 0) is 43.0 Å². The number of hydrogen-bond donors (Lipinski definition) is 0. The molecular weight excluding hydrogens is 350 g/mol. The maximum Gasteiger partial charge on any atom is 0.329 e. The molecule has 0 saturated carbocycles. The summed E-state index contributed by atoms with van der Waals surface area (Å²) >= 11 is 0. The zero-order valence-electron chi connectivity index (χ0n) is 16.4. The van der Waals surface area contributed by atoms with Crippen LogP contribution in [0.5, 0.6) is 0 Å². The van der Waals surface area contributed by atoms with E-state index in [2.05, 4.69) is 4.90 Å². The van der Waals surface area contributed by atoms with Crippen molar-refractivity contribution in [2.24, 2.45) is 5.92 Å². The average molecular weight is 380 g/mol. The van der Waals surface area contributed by atoms with Gasteiger partial charge in [0.25, 0.3) is 0 Å². The zero-order chi connectivity index (χ0) is 19.2. The number of rotatable bonds is 4. The fraction of sp³-hybridized carbons (Fsp3) is 0.435. The summed E-state index contributed by atoms with van der Waals surface area (Å²) in [4.78, 5) is 19.8. The van der Waals surface area contributed by atoms with Crippen molar-refractivity contribution in [2.75, 3.05) is 50.8 Å². The van der Waals surface area contributed by atoms with Crippen LogP contribution in [-0.2, 0) is 4.74 Å². The number of amides is 2. The number of morpholine rings is 1. The Labute approximate surface area is 167 Å². The van der Waals surface area contributed by atoms with Gasteiger partial charge in [0.1, 0.15) is 0 Å². The fourth-order valence-electron chi connectivity index (χ4n) is 4.12. The third kappa shape index (κ3) is 4.54. The van der Waals surface area contributed by atoms with Crippen LogP contribution in [0.3, 0.4) is 0 Å². The predicted octanol–water partition coefficient (Wildman–Crippen LogP) is 3.99. The second-order valence-electron chi connectivity index (χ2n) is 7.63. The normalized spacial score (nSPS) is 18.8. The summed E-state index contributed by atoms with van der Waals surface area (Å²) in [7, 11) is 0. The molecule has 0 N–H and O–H groups in total. The minimum Gasteiger partial charge on any atom is -0.379 e. The Morgan fingerprint density at radius 3 is 1.93 bits per heavy atom. The van der Waals surface area contributed by atoms with Gasteiger partial charge in [0.15, 0.2) is 0 Å². The summed E-state index contributed by atoms with van der Waals surface area (Å²) in [5.74, 6) is 0.670. The zero-order valence-corrected chi connectivity index (χ0v) is 16.4. The SMILES string of the molecule is O=C(N1CCC(CN2CCOCC2)CC1)N(c1ccccc1)c1ccccc1. The Balaban J connectivity index is 1.42. The van der Waals surface area contributed by atoms with Gasteiger partial charge in [0.2, 0.25) is 0 Å². The molecule has 0 unspecified atom stereocenters. The van der Waals surface area contributed by atoms with Crippen LogP contribution in [0.2, 0.25) is 0 Å². The van der Waals surface area contributed by atoms with Crippen LogP contribution in [0.15, 0.2) is 60.7 Å². The van der Waals surface area contributed by atoms with Gasteiger partial charge in [-0.3, -0.25) is 9.80 Å². The van der Waals surface area contributed by atoms with E-state index in [0.717, 1.165) is 70.2 Å². The molecule has 2 aromatic rings. The number of nitrogens with zero attached hydrogens (tertiary/aromatic N) is 3. The Morgan fingerprint density at radius 1 is 0.857 bits per heavy atom. The lowest BCUT2D eigenvalue weighted by Crippen LogP contribution is -2.47. The molecule has 0 bridgehead atoms. The number of carbonyl (C=O) groups is 1. The third-order valence-corrected chi connectivity index (χ3v) is 5.73. The van der Waals surface area contributed by atoms with Crippen molar-refractivity contribution in [1.82, 2.24) is 9.80 Å². The highest BCUT2D eigenvalue weighted by Gasteiger charge is 2.29. The maximum atomic E-state index is 13.4. The number of ether oxygens (including phenoxy) is 1. The lowest BCUT2D eigenvalue weighted by Gasteiger charge is -2.38. The second kappa shape index (κ2) is 9.22. The molecule has 2 amide bonds. The summed E-state index contributed by atoms with van der Waals surface area (Å²) in [6.45, 7) is 6.55. The average Bonchev–Trinajstić information content (AvgIpc) is 2.77. The molecule has 5 heteroatoms. The van der Waals surface area contributed by atoms with Crippen LogP contribution < -0.4 is 4.90 Å². The molecular formula is C23H29N3O2. The van der Waals surface area contributed by atoms with E-state index in [9.17, 15) is 4.79 Å². The quantitative estimate of drug-likeness (QED) is 0.806. The first-order valence-electron chi connectivity index (χ1n) is 10.3. The predicted molar refractivity (Wildman–Crippen MR) is 112 cm³/mol. The van der Waals surface area contributed by atoms with E-state index >= 15 is 0 Å². The van der Waals surface area contributed by atoms with Gasteiger partial charge in [0.05, 0.1) is 24.6 Å². The lowest BCUT2D eigenvalue weighted by atomic mass is 9.96. The molecule has 5 nitrogen and oxygen atoms in total. The summed E-state index contributed by atoms with van der Waals surface area (Å²) in [5.41, 5.74) is 1.82. The first-order chi connectivity index (χ1) is 13.8. The van der Waals surface area contributed by atoms with Crippen molar-refractivity contribution < 1.29 is 9.53 Å². The van der Waals surface area contributed by atoms with Gasteiger partial charge in [-0.15, -0.1) is 0 Å². The number of para-hydroxylation sites is 2. The van der Waals surface area contributed by atoms with Gasteiger partial charge in [-0.25, -0.2) is 4.79 Å². The minimum absolute atomic E-state index is 0.0715. The van der Waals surface area contributed by atoms with Gasteiger partial charge >= 0.3 is 6.03 Å². The highest BCUT2D eigenvalue weighted by atomic mass is 16.5. The summed E-state index contributed by atoms with van der Waals surface area (Å²) in [6.07, 6.45) is 2.14. The Morgan fingerprint density at radius 2 is 1.39 bits per heavy atom. The molecule has 0 radical (unpaired) electrons. The van der Waals surface area contributed by atoms with Crippen LogP contribution >= 0.6 is 0 Å². The van der Waals surface area contributed by atoms with E-state index in [1.165, 1.54) is 0 Å². The van der Waals surface area contributed by atoms with Gasteiger partial charge < -0.3 is 9.64 Å². The molecule has 0 aliphatic carbocycles. The molecule has 2 heterocycles. The number of carbonyl (C=O) groups excluding carboxylic acids is 1. The van der Waals surface area contributed by atoms with Crippen LogP contribution in [0.1, 0.15) is 12.8 Å². The molecule has 2 aliphatic rings. The van der Waals surface area contributed by atoms with Crippen molar-refractivity contribution in [1.29, 1.82) is 0 Å². The van der Waals surface area contributed by atoms with E-state index in [-0.39, 0.29) is 6.03 Å². The molecule has 2 aromatic carbocycles. The lowest BCUT2D eigenvalue weighted by molar-refractivity contribution is 0.0260. The molecule has 4 rings (SSSR count). The van der Waals surface area contributed by atoms with Crippen LogP contribution in [0.25, 0.3) is 0 Å². The number of likely N-dealkylation sites (tertiary alicyclic amines) is 1. The Bertz CT molecular complexity index is 699. The number of piperidine rings is 1. The smallest absolute Gasteiger partial charge is 0.329 e. The van der Waals surface area contributed by atoms with Crippen molar-refractivity contribution in [3.05, 3.63) is 60.7 Å². The number of anilines is 2. The molecule has 0 aromatic heterocycles. The van der Waals surface area contributed by atoms with Gasteiger partial charge in [-0.2, -0.15) is 0 Å². The molecule has 28 heavy (non-hydrogen) atoms.